The predicted octanol–water partition coefficient (Wildman–Crippen LogP) is 6.97. The van der Waals surface area contributed by atoms with Gasteiger partial charge in [-0.2, -0.15) is 0 Å². The van der Waals surface area contributed by atoms with Gasteiger partial charge in [-0.3, -0.25) is 9.36 Å². The quantitative estimate of drug-likeness (QED) is 0.156. The monoisotopic (exact) mass is 688 g/mol. The van der Waals surface area contributed by atoms with Crippen LogP contribution in [0.4, 0.5) is 4.39 Å². The Kier molecular flexibility index (Phi) is 9.58. The van der Waals surface area contributed by atoms with Crippen LogP contribution in [0.2, 0.25) is 10.0 Å². The van der Waals surface area contributed by atoms with Crippen molar-refractivity contribution < 1.29 is 23.4 Å². The maximum Gasteiger partial charge on any atom is 0.338 e. The molecule has 7 nitrogen and oxygen atoms in total. The van der Waals surface area contributed by atoms with Crippen molar-refractivity contribution in [2.45, 2.75) is 19.6 Å². The maximum atomic E-state index is 14.2. The topological polar surface area (TPSA) is 79.1 Å². The zero-order valence-electron chi connectivity index (χ0n) is 25.2. The van der Waals surface area contributed by atoms with Crippen molar-refractivity contribution in [3.63, 3.8) is 0 Å². The van der Waals surface area contributed by atoms with Crippen LogP contribution in [0.3, 0.4) is 0 Å². The van der Waals surface area contributed by atoms with E-state index in [4.69, 9.17) is 42.4 Å². The van der Waals surface area contributed by atoms with Gasteiger partial charge in [0, 0.05) is 16.1 Å². The van der Waals surface area contributed by atoms with Crippen LogP contribution in [0.15, 0.2) is 106 Å². The fourth-order valence-corrected chi connectivity index (χ4v) is 6.75. The Labute approximate surface area is 283 Å². The van der Waals surface area contributed by atoms with Crippen LogP contribution >= 0.6 is 34.5 Å². The van der Waals surface area contributed by atoms with Crippen LogP contribution in [-0.4, -0.2) is 24.3 Å². The number of methoxy groups -OCH3 is 1. The molecule has 0 N–H and O–H groups in total. The number of thiazole rings is 1. The van der Waals surface area contributed by atoms with Crippen molar-refractivity contribution in [3.05, 3.63) is 154 Å². The molecular weight excluding hydrogens is 662 g/mol. The fraction of sp³-hybridized carbons (Fsp3) is 0.139. The first kappa shape index (κ1) is 32.2. The molecule has 0 aliphatic carbocycles. The Morgan fingerprint density at radius 2 is 1.72 bits per heavy atom. The SMILES string of the molecule is CCOC(=O)C1=C(c2ccccc2)N=c2s/c(=C\c3cc(Cl)c(OCc4ccccc4Cl)c(OC)c3)c(=O)n2[C@H]1c1ccc(F)cc1. The van der Waals surface area contributed by atoms with Gasteiger partial charge in [0.25, 0.3) is 5.56 Å². The summed E-state index contributed by atoms with van der Waals surface area (Å²) in [6.45, 7) is 1.99. The highest BCUT2D eigenvalue weighted by atomic mass is 35.5. The smallest absolute Gasteiger partial charge is 0.338 e. The molecule has 0 radical (unpaired) electrons. The standard InChI is InChI=1S/C36H27Cl2FN2O5S/c1-3-45-35(43)30-31(22-9-5-4-6-10-22)40-36-41(32(30)23-13-15-25(39)16-14-23)34(42)29(47-36)19-21-17-27(38)33(28(18-21)44-2)46-20-24-11-7-8-12-26(24)37/h4-19,32H,3,20H2,1-2H3/b29-19-/t32-/m0/s1. The predicted molar refractivity (Wildman–Crippen MR) is 181 cm³/mol. The number of esters is 1. The number of fused-ring (bicyclic) bond motifs is 1. The van der Waals surface area contributed by atoms with Gasteiger partial charge in [-0.25, -0.2) is 14.2 Å². The average Bonchev–Trinajstić information content (AvgIpc) is 3.38. The van der Waals surface area contributed by atoms with Crippen LogP contribution in [0.5, 0.6) is 11.5 Å². The number of benzene rings is 4. The molecule has 1 aliphatic heterocycles. The highest BCUT2D eigenvalue weighted by Crippen LogP contribution is 2.38. The van der Waals surface area contributed by atoms with E-state index in [0.29, 0.717) is 48.2 Å². The van der Waals surface area contributed by atoms with Crippen LogP contribution in [0.1, 0.15) is 35.2 Å². The molecule has 0 saturated carbocycles. The minimum absolute atomic E-state index is 0.117. The average molecular weight is 690 g/mol. The Balaban J connectivity index is 1.49. The van der Waals surface area contributed by atoms with Gasteiger partial charge >= 0.3 is 5.97 Å². The molecule has 4 aromatic carbocycles. The highest BCUT2D eigenvalue weighted by molar-refractivity contribution is 7.07. The second-order valence-corrected chi connectivity index (χ2v) is 12.2. The third kappa shape index (κ3) is 6.60. The lowest BCUT2D eigenvalue weighted by Gasteiger charge is -2.25. The lowest BCUT2D eigenvalue weighted by Crippen LogP contribution is -2.40. The van der Waals surface area contributed by atoms with Crippen molar-refractivity contribution in [1.29, 1.82) is 0 Å². The number of hydrogen-bond acceptors (Lipinski definition) is 7. The first-order valence-electron chi connectivity index (χ1n) is 14.6. The van der Waals surface area contributed by atoms with Gasteiger partial charge in [-0.05, 0) is 54.5 Å². The van der Waals surface area contributed by atoms with E-state index in [9.17, 15) is 14.0 Å². The molecule has 2 heterocycles. The molecule has 1 aromatic heterocycles. The minimum atomic E-state index is -0.929. The number of aromatic nitrogens is 1. The number of rotatable bonds is 9. The van der Waals surface area contributed by atoms with E-state index in [0.717, 1.165) is 16.9 Å². The molecule has 0 unspecified atom stereocenters. The Bertz CT molecular complexity index is 2180. The van der Waals surface area contributed by atoms with Gasteiger partial charge in [0.2, 0.25) is 0 Å². The van der Waals surface area contributed by atoms with E-state index in [1.165, 1.54) is 23.8 Å². The first-order valence-corrected chi connectivity index (χ1v) is 16.1. The summed E-state index contributed by atoms with van der Waals surface area (Å²) in [5, 5.41) is 0.839. The molecule has 0 saturated heterocycles. The molecule has 238 valence electrons. The number of carbonyl (C=O) groups is 1. The zero-order valence-corrected chi connectivity index (χ0v) is 27.5. The first-order chi connectivity index (χ1) is 22.8. The highest BCUT2D eigenvalue weighted by Gasteiger charge is 2.35. The van der Waals surface area contributed by atoms with Crippen molar-refractivity contribution in [2.24, 2.45) is 4.99 Å². The normalized spacial score (nSPS) is 14.4. The molecule has 1 atom stereocenters. The molecule has 0 spiro atoms. The molecule has 11 heteroatoms. The zero-order chi connectivity index (χ0) is 33.1. The molecule has 0 bridgehead atoms. The molecule has 6 rings (SSSR count). The molecular formula is C36H27Cl2FN2O5S. The molecule has 0 amide bonds. The van der Waals surface area contributed by atoms with Gasteiger partial charge in [0.05, 0.1) is 40.6 Å². The van der Waals surface area contributed by atoms with Crippen molar-refractivity contribution in [2.75, 3.05) is 13.7 Å². The van der Waals surface area contributed by atoms with Crippen LogP contribution in [0, 0.1) is 5.82 Å². The summed E-state index contributed by atoms with van der Waals surface area (Å²) in [5.74, 6) is -0.377. The second-order valence-electron chi connectivity index (χ2n) is 10.4. The van der Waals surface area contributed by atoms with Crippen LogP contribution < -0.4 is 24.4 Å². The third-order valence-electron chi connectivity index (χ3n) is 7.44. The van der Waals surface area contributed by atoms with Gasteiger partial charge < -0.3 is 14.2 Å². The van der Waals surface area contributed by atoms with E-state index < -0.39 is 23.4 Å². The van der Waals surface area contributed by atoms with Gasteiger partial charge in [-0.15, -0.1) is 0 Å². The fourth-order valence-electron chi connectivity index (χ4n) is 5.28. The second kappa shape index (κ2) is 14.0. The maximum absolute atomic E-state index is 14.2. The lowest BCUT2D eigenvalue weighted by atomic mass is 9.93. The summed E-state index contributed by atoms with van der Waals surface area (Å²) >= 11 is 14.1. The van der Waals surface area contributed by atoms with Crippen molar-refractivity contribution in [3.8, 4) is 11.5 Å². The molecule has 5 aromatic rings. The summed E-state index contributed by atoms with van der Waals surface area (Å²) in [7, 11) is 1.50. The molecule has 1 aliphatic rings. The molecule has 0 fully saturated rings. The minimum Gasteiger partial charge on any atom is -0.493 e. The van der Waals surface area contributed by atoms with Crippen LogP contribution in [0.25, 0.3) is 11.8 Å². The summed E-state index contributed by atoms with van der Waals surface area (Å²) in [6.07, 6.45) is 1.67. The summed E-state index contributed by atoms with van der Waals surface area (Å²) < 4.78 is 32.9. The van der Waals surface area contributed by atoms with E-state index >= 15 is 0 Å². The van der Waals surface area contributed by atoms with E-state index in [1.54, 1.807) is 43.3 Å². The Morgan fingerprint density at radius 3 is 2.43 bits per heavy atom. The summed E-state index contributed by atoms with van der Waals surface area (Å²) in [4.78, 5) is 32.9. The van der Waals surface area contributed by atoms with Crippen molar-refractivity contribution in [1.82, 2.24) is 4.57 Å². The van der Waals surface area contributed by atoms with Crippen molar-refractivity contribution >= 4 is 52.3 Å². The number of halogens is 3. The summed E-state index contributed by atoms with van der Waals surface area (Å²) in [6, 6.07) is 24.7. The number of ether oxygens (including phenoxy) is 3. The third-order valence-corrected chi connectivity index (χ3v) is 9.07. The lowest BCUT2D eigenvalue weighted by molar-refractivity contribution is -0.138. The van der Waals surface area contributed by atoms with E-state index in [-0.39, 0.29) is 23.8 Å². The van der Waals surface area contributed by atoms with Gasteiger partial charge in [0.15, 0.2) is 16.3 Å². The Morgan fingerprint density at radius 1 is 1.00 bits per heavy atom. The molecule has 47 heavy (non-hydrogen) atoms. The van der Waals surface area contributed by atoms with E-state index in [2.05, 4.69) is 0 Å². The number of nitrogens with zero attached hydrogens (tertiary/aromatic N) is 2. The Hall–Kier alpha value is -4.70. The van der Waals surface area contributed by atoms with E-state index in [1.807, 2.05) is 48.5 Å². The van der Waals surface area contributed by atoms with Crippen LogP contribution in [-0.2, 0) is 16.1 Å². The summed E-state index contributed by atoms with van der Waals surface area (Å²) in [5.41, 5.74) is 2.70. The number of hydrogen-bond donors (Lipinski definition) is 0. The largest absolute Gasteiger partial charge is 0.493 e. The van der Waals surface area contributed by atoms with Gasteiger partial charge in [-0.1, -0.05) is 95.2 Å². The number of carbonyl (C=O) groups excluding carboxylic acids is 1. The van der Waals surface area contributed by atoms with Gasteiger partial charge in [0.1, 0.15) is 12.4 Å².